The lowest BCUT2D eigenvalue weighted by molar-refractivity contribution is 0.672. The quantitative estimate of drug-likeness (QED) is 0.244. The summed E-state index contributed by atoms with van der Waals surface area (Å²) < 4.78 is 0. The molecule has 0 radical (unpaired) electrons. The molecule has 0 saturated carbocycles. The van der Waals surface area contributed by atoms with Crippen LogP contribution in [0.15, 0.2) is 65.5 Å². The topological polar surface area (TPSA) is 0 Å². The largest absolute Gasteiger partial charge is 0.181 e. The predicted molar refractivity (Wildman–Crippen MR) is 131 cm³/mol. The van der Waals surface area contributed by atoms with Gasteiger partial charge in [-0.05, 0) is 46.3 Å². The first-order valence-electron chi connectivity index (χ1n) is 10.7. The van der Waals surface area contributed by atoms with Crippen LogP contribution in [0.4, 0.5) is 0 Å². The number of hydrogen-bond acceptors (Lipinski definition) is 1. The molecule has 0 aromatic carbocycles. The molecule has 0 bridgehead atoms. The Kier molecular flexibility index (Phi) is 8.89. The van der Waals surface area contributed by atoms with Crippen molar-refractivity contribution in [2.45, 2.75) is 87.8 Å². The molecule has 27 heavy (non-hydrogen) atoms. The smallest absolute Gasteiger partial charge is 0.0180 e. The van der Waals surface area contributed by atoms with Crippen molar-refractivity contribution >= 4 is 33.1 Å². The molecular formula is C24H36S3. The first-order valence-corrected chi connectivity index (χ1v) is 14.5. The van der Waals surface area contributed by atoms with Gasteiger partial charge in [0.05, 0.1) is 0 Å². The minimum absolute atomic E-state index is 0.216. The summed E-state index contributed by atoms with van der Waals surface area (Å²) in [4.78, 5) is 6.71. The van der Waals surface area contributed by atoms with E-state index in [1.54, 1.807) is 19.6 Å². The summed E-state index contributed by atoms with van der Waals surface area (Å²) in [6.07, 6.45) is 22.9. The van der Waals surface area contributed by atoms with Gasteiger partial charge in [0.1, 0.15) is 0 Å². The Balaban J connectivity index is 1.65. The van der Waals surface area contributed by atoms with Crippen LogP contribution in [0.3, 0.4) is 0 Å². The van der Waals surface area contributed by atoms with Crippen LogP contribution >= 0.6 is 33.1 Å². The second-order valence-electron chi connectivity index (χ2n) is 7.50. The van der Waals surface area contributed by atoms with Crippen LogP contribution in [0.1, 0.15) is 78.1 Å². The fourth-order valence-corrected chi connectivity index (χ4v) is 10.2. The first kappa shape index (κ1) is 21.1. The zero-order valence-electron chi connectivity index (χ0n) is 17.0. The standard InChI is InChI=1S/C24H36S3/c1-3-5-7-9-13-21-15-11-17-26(21)23-19-25-20-24(23)27-18-12-16-22(27)14-10-8-6-4-2/h11-12,15-20,26-27H,3-10,13-14H2,1-2H3. The molecule has 3 heteroatoms. The van der Waals surface area contributed by atoms with Crippen molar-refractivity contribution in [1.29, 1.82) is 0 Å². The molecule has 0 N–H and O–H groups in total. The zero-order chi connectivity index (χ0) is 18.9. The molecule has 0 nitrogen and oxygen atoms in total. The number of rotatable bonds is 12. The summed E-state index contributed by atoms with van der Waals surface area (Å²) in [6, 6.07) is 0. The van der Waals surface area contributed by atoms with Crippen LogP contribution in [0, 0.1) is 0 Å². The van der Waals surface area contributed by atoms with Crippen LogP contribution in [0.5, 0.6) is 0 Å². The van der Waals surface area contributed by atoms with Crippen molar-refractivity contribution < 1.29 is 0 Å². The summed E-state index contributed by atoms with van der Waals surface area (Å²) in [5.41, 5.74) is 0. The highest BCUT2D eigenvalue weighted by molar-refractivity contribution is 8.26. The molecule has 2 unspecified atom stereocenters. The molecule has 3 rings (SSSR count). The number of unbranched alkanes of at least 4 members (excludes halogenated alkanes) is 6. The number of thiol groups is 2. The molecule has 0 spiro atoms. The average molecular weight is 421 g/mol. The molecule has 2 aliphatic rings. The van der Waals surface area contributed by atoms with Crippen molar-refractivity contribution in [3.63, 3.8) is 0 Å². The van der Waals surface area contributed by atoms with Gasteiger partial charge in [0.2, 0.25) is 0 Å². The Morgan fingerprint density at radius 1 is 0.667 bits per heavy atom. The number of hydrogen-bond donors (Lipinski definition) is 2. The van der Waals surface area contributed by atoms with Gasteiger partial charge >= 0.3 is 0 Å². The Morgan fingerprint density at radius 3 is 1.59 bits per heavy atom. The van der Waals surface area contributed by atoms with E-state index in [0.717, 1.165) is 0 Å². The van der Waals surface area contributed by atoms with Gasteiger partial charge < -0.3 is 0 Å². The fraction of sp³-hybridized carbons (Fsp3) is 0.500. The van der Waals surface area contributed by atoms with E-state index in [0.29, 0.717) is 0 Å². The molecule has 150 valence electrons. The predicted octanol–water partition coefficient (Wildman–Crippen LogP) is 9.23. The third kappa shape index (κ3) is 5.68. The Morgan fingerprint density at radius 2 is 1.15 bits per heavy atom. The van der Waals surface area contributed by atoms with E-state index in [1.807, 2.05) is 11.3 Å². The van der Waals surface area contributed by atoms with Crippen LogP contribution in [0.2, 0.25) is 0 Å². The maximum atomic E-state index is 2.50. The summed E-state index contributed by atoms with van der Waals surface area (Å²) in [7, 11) is -0.432. The second-order valence-corrected chi connectivity index (χ2v) is 12.4. The van der Waals surface area contributed by atoms with Crippen LogP contribution < -0.4 is 0 Å². The monoisotopic (exact) mass is 420 g/mol. The van der Waals surface area contributed by atoms with E-state index in [2.05, 4.69) is 59.7 Å². The average Bonchev–Trinajstić information content (AvgIpc) is 3.41. The van der Waals surface area contributed by atoms with Gasteiger partial charge in [0, 0.05) is 20.6 Å². The van der Waals surface area contributed by atoms with Crippen molar-refractivity contribution in [3.8, 4) is 0 Å². The lowest BCUT2D eigenvalue weighted by Gasteiger charge is -2.24. The molecule has 0 aliphatic carbocycles. The minimum atomic E-state index is -0.216. The molecule has 2 atom stereocenters. The van der Waals surface area contributed by atoms with Gasteiger partial charge in [-0.2, -0.15) is 33.1 Å². The Hall–Kier alpha value is -0.640. The molecular weight excluding hydrogens is 384 g/mol. The van der Waals surface area contributed by atoms with E-state index in [4.69, 9.17) is 0 Å². The highest BCUT2D eigenvalue weighted by Crippen LogP contribution is 2.60. The van der Waals surface area contributed by atoms with E-state index in [-0.39, 0.29) is 21.8 Å². The second kappa shape index (κ2) is 11.4. The fourth-order valence-electron chi connectivity index (χ4n) is 3.82. The van der Waals surface area contributed by atoms with E-state index in [1.165, 1.54) is 64.2 Å². The van der Waals surface area contributed by atoms with E-state index < -0.39 is 0 Å². The van der Waals surface area contributed by atoms with Crippen molar-refractivity contribution in [3.05, 3.63) is 55.7 Å². The molecule has 0 amide bonds. The van der Waals surface area contributed by atoms with Gasteiger partial charge in [0.15, 0.2) is 0 Å². The SMILES string of the molecule is CCCCCCC1=CC=C[SH]1c1cscc1[SH]1C=CC=C1CCCCCC. The summed E-state index contributed by atoms with van der Waals surface area (Å²) >= 11 is 1.92. The number of allylic oxidation sites excluding steroid dienone is 6. The third-order valence-corrected chi connectivity index (χ3v) is 11.4. The molecule has 1 aromatic heterocycles. The molecule has 2 aliphatic heterocycles. The van der Waals surface area contributed by atoms with Gasteiger partial charge in [0.25, 0.3) is 0 Å². The Bertz CT molecular complexity index is 646. The highest BCUT2D eigenvalue weighted by atomic mass is 32.2. The minimum Gasteiger partial charge on any atom is -0.181 e. The maximum absolute atomic E-state index is 2.50. The summed E-state index contributed by atoms with van der Waals surface area (Å²) in [5, 5.41) is 9.91. The van der Waals surface area contributed by atoms with Gasteiger partial charge in [-0.15, -0.1) is 0 Å². The highest BCUT2D eigenvalue weighted by Gasteiger charge is 2.22. The number of thiophene rings is 1. The maximum Gasteiger partial charge on any atom is 0.0180 e. The molecule has 0 fully saturated rings. The van der Waals surface area contributed by atoms with Crippen LogP contribution in [-0.2, 0) is 0 Å². The zero-order valence-corrected chi connectivity index (χ0v) is 19.6. The van der Waals surface area contributed by atoms with Gasteiger partial charge in [-0.25, -0.2) is 0 Å². The van der Waals surface area contributed by atoms with Crippen molar-refractivity contribution in [1.82, 2.24) is 0 Å². The summed E-state index contributed by atoms with van der Waals surface area (Å²) in [6.45, 7) is 4.59. The normalized spacial score (nSPS) is 23.8. The molecule has 3 heterocycles. The Labute approximate surface area is 176 Å². The van der Waals surface area contributed by atoms with E-state index >= 15 is 0 Å². The van der Waals surface area contributed by atoms with Crippen LogP contribution in [-0.4, -0.2) is 0 Å². The van der Waals surface area contributed by atoms with E-state index in [9.17, 15) is 0 Å². The lowest BCUT2D eigenvalue weighted by atomic mass is 10.1. The lowest BCUT2D eigenvalue weighted by Crippen LogP contribution is -1.89. The summed E-state index contributed by atoms with van der Waals surface area (Å²) in [5.74, 6) is 0. The molecule has 0 saturated heterocycles. The third-order valence-electron chi connectivity index (χ3n) is 5.38. The first-order chi connectivity index (χ1) is 13.3. The van der Waals surface area contributed by atoms with Gasteiger partial charge in [-0.3, -0.25) is 0 Å². The van der Waals surface area contributed by atoms with Gasteiger partial charge in [-0.1, -0.05) is 76.7 Å². The van der Waals surface area contributed by atoms with Crippen LogP contribution in [0.25, 0.3) is 0 Å². The van der Waals surface area contributed by atoms with Crippen molar-refractivity contribution in [2.75, 3.05) is 0 Å². The molecule has 1 aromatic rings. The van der Waals surface area contributed by atoms with Crippen molar-refractivity contribution in [2.24, 2.45) is 0 Å².